The van der Waals surface area contributed by atoms with Crippen molar-refractivity contribution >= 4 is 26.5 Å². The SMILES string of the molecule is Cc1nc(N)sc1S(=O)(=O)NC1C2C3CCC(C3)C12. The maximum absolute atomic E-state index is 12.4. The van der Waals surface area contributed by atoms with E-state index in [2.05, 4.69) is 9.71 Å². The Labute approximate surface area is 116 Å². The van der Waals surface area contributed by atoms with Gasteiger partial charge in [-0.15, -0.1) is 0 Å². The van der Waals surface area contributed by atoms with Crippen LogP contribution >= 0.6 is 11.3 Å². The number of aromatic nitrogens is 1. The molecular formula is C12H17N3O2S2. The van der Waals surface area contributed by atoms with Crippen molar-refractivity contribution < 1.29 is 8.42 Å². The molecule has 4 atom stereocenters. The number of hydrogen-bond donors (Lipinski definition) is 2. The number of aryl methyl sites for hydroxylation is 1. The third kappa shape index (κ3) is 1.68. The molecule has 3 aliphatic carbocycles. The Morgan fingerprint density at radius 1 is 1.32 bits per heavy atom. The topological polar surface area (TPSA) is 85.1 Å². The summed E-state index contributed by atoms with van der Waals surface area (Å²) < 4.78 is 27.9. The molecule has 0 saturated heterocycles. The molecule has 3 N–H and O–H groups in total. The van der Waals surface area contributed by atoms with Crippen LogP contribution in [0, 0.1) is 30.6 Å². The largest absolute Gasteiger partial charge is 0.375 e. The van der Waals surface area contributed by atoms with E-state index in [1.807, 2.05) is 0 Å². The third-order valence-electron chi connectivity index (χ3n) is 5.04. The lowest BCUT2D eigenvalue weighted by Crippen LogP contribution is -2.29. The molecule has 0 amide bonds. The Balaban J connectivity index is 1.56. The maximum atomic E-state index is 12.4. The molecule has 104 valence electrons. The Morgan fingerprint density at radius 3 is 2.47 bits per heavy atom. The van der Waals surface area contributed by atoms with Gasteiger partial charge < -0.3 is 5.73 Å². The highest BCUT2D eigenvalue weighted by Crippen LogP contribution is 2.65. The summed E-state index contributed by atoms with van der Waals surface area (Å²) in [6, 6.07) is 0.166. The number of thiazole rings is 1. The first-order chi connectivity index (χ1) is 8.97. The molecule has 0 aliphatic heterocycles. The molecule has 19 heavy (non-hydrogen) atoms. The lowest BCUT2D eigenvalue weighted by atomic mass is 10.0. The molecule has 4 rings (SSSR count). The molecule has 0 spiro atoms. The second kappa shape index (κ2) is 3.71. The van der Waals surface area contributed by atoms with Gasteiger partial charge in [0.2, 0.25) is 0 Å². The number of fused-ring (bicyclic) bond motifs is 5. The van der Waals surface area contributed by atoms with Crippen LogP contribution in [0.3, 0.4) is 0 Å². The lowest BCUT2D eigenvalue weighted by Gasteiger charge is -2.10. The molecule has 2 bridgehead atoms. The molecule has 0 aromatic carbocycles. The number of rotatable bonds is 3. The first-order valence-corrected chi connectivity index (χ1v) is 9.02. The Kier molecular flexibility index (Phi) is 2.36. The first kappa shape index (κ1) is 12.1. The van der Waals surface area contributed by atoms with Gasteiger partial charge in [-0.1, -0.05) is 11.3 Å². The summed E-state index contributed by atoms with van der Waals surface area (Å²) in [7, 11) is -3.44. The second-order valence-electron chi connectivity index (χ2n) is 6.06. The number of nitrogens with one attached hydrogen (secondary N) is 1. The summed E-state index contributed by atoms with van der Waals surface area (Å²) >= 11 is 1.05. The maximum Gasteiger partial charge on any atom is 0.252 e. The fraction of sp³-hybridized carbons (Fsp3) is 0.750. The summed E-state index contributed by atoms with van der Waals surface area (Å²) in [5, 5.41) is 0.314. The number of nitrogens with zero attached hydrogens (tertiary/aromatic N) is 1. The van der Waals surface area contributed by atoms with E-state index in [-0.39, 0.29) is 10.3 Å². The number of sulfonamides is 1. The van der Waals surface area contributed by atoms with E-state index >= 15 is 0 Å². The van der Waals surface area contributed by atoms with E-state index in [0.29, 0.717) is 22.7 Å². The lowest BCUT2D eigenvalue weighted by molar-refractivity contribution is 0.456. The zero-order chi connectivity index (χ0) is 13.4. The summed E-state index contributed by atoms with van der Waals surface area (Å²) in [6.07, 6.45) is 3.90. The minimum absolute atomic E-state index is 0.166. The van der Waals surface area contributed by atoms with Crippen molar-refractivity contribution in [1.29, 1.82) is 0 Å². The minimum Gasteiger partial charge on any atom is -0.375 e. The van der Waals surface area contributed by atoms with Crippen LogP contribution in [0.4, 0.5) is 5.13 Å². The van der Waals surface area contributed by atoms with Gasteiger partial charge in [0.25, 0.3) is 10.0 Å². The zero-order valence-corrected chi connectivity index (χ0v) is 12.3. The first-order valence-electron chi connectivity index (χ1n) is 6.72. The van der Waals surface area contributed by atoms with Gasteiger partial charge in [-0.25, -0.2) is 18.1 Å². The van der Waals surface area contributed by atoms with Gasteiger partial charge in [-0.2, -0.15) is 0 Å². The Morgan fingerprint density at radius 2 is 1.95 bits per heavy atom. The fourth-order valence-corrected chi connectivity index (χ4v) is 6.99. The smallest absolute Gasteiger partial charge is 0.252 e. The number of nitrogen functional groups attached to an aromatic ring is 1. The van der Waals surface area contributed by atoms with Gasteiger partial charge in [0, 0.05) is 6.04 Å². The van der Waals surface area contributed by atoms with E-state index in [9.17, 15) is 8.42 Å². The van der Waals surface area contributed by atoms with Crippen LogP contribution < -0.4 is 10.5 Å². The standard InChI is InChI=1S/C12H17N3O2S2/c1-5-11(18-12(13)14-5)19(16,17)15-10-8-6-2-3-7(4-6)9(8)10/h6-10,15H,2-4H2,1H3,(H2,13,14). The van der Waals surface area contributed by atoms with Crippen LogP contribution in [0.15, 0.2) is 4.21 Å². The quantitative estimate of drug-likeness (QED) is 0.882. The minimum atomic E-state index is -3.44. The van der Waals surface area contributed by atoms with Crippen molar-refractivity contribution in [3.63, 3.8) is 0 Å². The molecule has 0 radical (unpaired) electrons. The van der Waals surface area contributed by atoms with Gasteiger partial charge >= 0.3 is 0 Å². The molecule has 1 aromatic rings. The Bertz CT molecular complexity index is 623. The zero-order valence-electron chi connectivity index (χ0n) is 10.7. The van der Waals surface area contributed by atoms with Crippen molar-refractivity contribution in [1.82, 2.24) is 9.71 Å². The molecule has 3 saturated carbocycles. The van der Waals surface area contributed by atoms with Crippen LogP contribution in [-0.4, -0.2) is 19.4 Å². The molecule has 1 heterocycles. The average molecular weight is 299 g/mol. The predicted molar refractivity (Wildman–Crippen MR) is 73.2 cm³/mol. The van der Waals surface area contributed by atoms with Gasteiger partial charge in [-0.3, -0.25) is 0 Å². The van der Waals surface area contributed by atoms with Gasteiger partial charge in [0.15, 0.2) is 9.34 Å². The highest BCUT2D eigenvalue weighted by Gasteiger charge is 2.65. The van der Waals surface area contributed by atoms with Crippen LogP contribution in [0.1, 0.15) is 25.0 Å². The van der Waals surface area contributed by atoms with Crippen molar-refractivity contribution in [2.45, 2.75) is 36.4 Å². The molecule has 3 aliphatic rings. The predicted octanol–water partition coefficient (Wildman–Crippen LogP) is 1.36. The van der Waals surface area contributed by atoms with E-state index in [1.165, 1.54) is 19.3 Å². The molecule has 5 nitrogen and oxygen atoms in total. The molecule has 4 unspecified atom stereocenters. The second-order valence-corrected chi connectivity index (χ2v) is 9.00. The van der Waals surface area contributed by atoms with E-state index in [4.69, 9.17) is 5.73 Å². The molecule has 3 fully saturated rings. The monoisotopic (exact) mass is 299 g/mol. The van der Waals surface area contributed by atoms with Crippen molar-refractivity contribution in [2.75, 3.05) is 5.73 Å². The molecular weight excluding hydrogens is 282 g/mol. The third-order valence-corrected chi connectivity index (χ3v) is 8.10. The highest BCUT2D eigenvalue weighted by molar-refractivity contribution is 7.91. The average Bonchev–Trinajstić information content (AvgIpc) is 2.71. The van der Waals surface area contributed by atoms with Crippen LogP contribution in [0.2, 0.25) is 0 Å². The van der Waals surface area contributed by atoms with Gasteiger partial charge in [-0.05, 0) is 49.9 Å². The van der Waals surface area contributed by atoms with Gasteiger partial charge in [0.05, 0.1) is 5.69 Å². The van der Waals surface area contributed by atoms with Crippen molar-refractivity contribution in [3.05, 3.63) is 5.69 Å². The summed E-state index contributed by atoms with van der Waals surface area (Å²) in [5.74, 6) is 2.71. The van der Waals surface area contributed by atoms with Crippen molar-refractivity contribution in [3.8, 4) is 0 Å². The highest BCUT2D eigenvalue weighted by atomic mass is 32.2. The van der Waals surface area contributed by atoms with Gasteiger partial charge in [0.1, 0.15) is 0 Å². The van der Waals surface area contributed by atoms with E-state index < -0.39 is 10.0 Å². The van der Waals surface area contributed by atoms with Crippen LogP contribution in [0.5, 0.6) is 0 Å². The number of hydrogen-bond acceptors (Lipinski definition) is 5. The Hall–Kier alpha value is -0.660. The van der Waals surface area contributed by atoms with E-state index in [1.54, 1.807) is 6.92 Å². The van der Waals surface area contributed by atoms with Crippen molar-refractivity contribution in [2.24, 2.45) is 23.7 Å². The summed E-state index contributed by atoms with van der Waals surface area (Å²) in [6.45, 7) is 1.69. The van der Waals surface area contributed by atoms with E-state index in [0.717, 1.165) is 23.2 Å². The summed E-state index contributed by atoms with van der Waals surface area (Å²) in [5.41, 5.74) is 6.09. The fourth-order valence-electron chi connectivity index (χ4n) is 4.37. The summed E-state index contributed by atoms with van der Waals surface area (Å²) in [4.78, 5) is 4.00. The number of nitrogens with two attached hydrogens (primary N) is 1. The number of anilines is 1. The van der Waals surface area contributed by atoms with Crippen LogP contribution in [-0.2, 0) is 10.0 Å². The normalized spacial score (nSPS) is 39.5. The molecule has 7 heteroatoms. The molecule has 1 aromatic heterocycles. The van der Waals surface area contributed by atoms with Crippen LogP contribution in [0.25, 0.3) is 0 Å².